The third-order valence-corrected chi connectivity index (χ3v) is 3.41. The van der Waals surface area contributed by atoms with E-state index < -0.39 is 11.3 Å². The maximum Gasteiger partial charge on any atom is 0.260 e. The Morgan fingerprint density at radius 2 is 2.07 bits per heavy atom. The number of hydrogen-bond acceptors (Lipinski definition) is 2. The van der Waals surface area contributed by atoms with Gasteiger partial charge in [0.15, 0.2) is 0 Å². The molecule has 1 unspecified atom stereocenters. The maximum atomic E-state index is 13.2. The molecule has 0 saturated heterocycles. The van der Waals surface area contributed by atoms with Crippen LogP contribution < -0.4 is 5.73 Å². The Bertz CT molecular complexity index is 410. The zero-order valence-electron chi connectivity index (χ0n) is 7.80. The van der Waals surface area contributed by atoms with Gasteiger partial charge in [-0.05, 0) is 18.2 Å². The fourth-order valence-corrected chi connectivity index (χ4v) is 2.21. The number of rotatable bonds is 2. The lowest BCUT2D eigenvalue weighted by Crippen LogP contribution is -2.26. The van der Waals surface area contributed by atoms with E-state index in [0.717, 1.165) is 0 Å². The van der Waals surface area contributed by atoms with Crippen LogP contribution in [0, 0.1) is 0 Å². The van der Waals surface area contributed by atoms with Gasteiger partial charge in [0.1, 0.15) is 5.75 Å². The van der Waals surface area contributed by atoms with Crippen molar-refractivity contribution in [3.05, 3.63) is 28.2 Å². The predicted octanol–water partition coefficient (Wildman–Crippen LogP) is 2.39. The molecule has 0 aromatic heterocycles. The van der Waals surface area contributed by atoms with Crippen molar-refractivity contribution in [1.82, 2.24) is 0 Å². The molecule has 1 saturated carbocycles. The van der Waals surface area contributed by atoms with Gasteiger partial charge in [-0.2, -0.15) is 0 Å². The average molecular weight is 278 g/mol. The van der Waals surface area contributed by atoms with Crippen LogP contribution in [-0.4, -0.2) is 17.6 Å². The number of aromatic hydroxyl groups is 1. The maximum absolute atomic E-state index is 13.2. The average Bonchev–Trinajstić information content (AvgIpc) is 2.74. The van der Waals surface area contributed by atoms with Gasteiger partial charge in [0.2, 0.25) is 0 Å². The largest absolute Gasteiger partial charge is 0.508 e. The van der Waals surface area contributed by atoms with Gasteiger partial charge < -0.3 is 10.8 Å². The number of hydrogen-bond donors (Lipinski definition) is 2. The molecule has 82 valence electrons. The Morgan fingerprint density at radius 1 is 1.47 bits per heavy atom. The van der Waals surface area contributed by atoms with E-state index in [0.29, 0.717) is 4.47 Å². The van der Waals surface area contributed by atoms with Gasteiger partial charge in [0, 0.05) is 23.0 Å². The number of phenolic OH excluding ortho intramolecular Hbond substituents is 1. The molecule has 2 nitrogen and oxygen atoms in total. The fraction of sp³-hybridized carbons (Fsp3) is 0.400. The van der Waals surface area contributed by atoms with E-state index in [2.05, 4.69) is 15.9 Å². The summed E-state index contributed by atoms with van der Waals surface area (Å²) in [5.41, 5.74) is 4.24. The number of halogens is 3. The first-order chi connectivity index (χ1) is 6.93. The minimum absolute atomic E-state index is 0.124. The Balaban J connectivity index is 2.50. The highest BCUT2D eigenvalue weighted by atomic mass is 79.9. The number of alkyl halides is 2. The molecule has 0 bridgehead atoms. The molecule has 0 spiro atoms. The lowest BCUT2D eigenvalue weighted by Gasteiger charge is -2.16. The fourth-order valence-electron chi connectivity index (χ4n) is 1.85. The van der Waals surface area contributed by atoms with Crippen molar-refractivity contribution in [2.45, 2.75) is 17.8 Å². The van der Waals surface area contributed by atoms with Crippen LogP contribution in [0.25, 0.3) is 0 Å². The van der Waals surface area contributed by atoms with Gasteiger partial charge in [-0.15, -0.1) is 0 Å². The SMILES string of the molecule is NCC1(c2cc(Br)ccc2O)CC1(F)F. The molecule has 3 N–H and O–H groups in total. The smallest absolute Gasteiger partial charge is 0.260 e. The van der Waals surface area contributed by atoms with Crippen LogP contribution in [0.1, 0.15) is 12.0 Å². The van der Waals surface area contributed by atoms with Gasteiger partial charge in [-0.25, -0.2) is 8.78 Å². The second-order valence-electron chi connectivity index (χ2n) is 3.83. The van der Waals surface area contributed by atoms with E-state index in [9.17, 15) is 13.9 Å². The standard InChI is InChI=1S/C10H10BrF2NO/c11-6-1-2-8(15)7(3-6)9(5-14)4-10(9,12)13/h1-3,15H,4-5,14H2. The van der Waals surface area contributed by atoms with Gasteiger partial charge in [-0.3, -0.25) is 0 Å². The van der Waals surface area contributed by atoms with Gasteiger partial charge >= 0.3 is 0 Å². The second kappa shape index (κ2) is 3.15. The van der Waals surface area contributed by atoms with E-state index in [1.54, 1.807) is 6.07 Å². The first kappa shape index (κ1) is 10.8. The van der Waals surface area contributed by atoms with Crippen LogP contribution >= 0.6 is 15.9 Å². The summed E-state index contributed by atoms with van der Waals surface area (Å²) in [6.07, 6.45) is -0.291. The third-order valence-electron chi connectivity index (χ3n) is 2.92. The van der Waals surface area contributed by atoms with Crippen molar-refractivity contribution in [1.29, 1.82) is 0 Å². The minimum Gasteiger partial charge on any atom is -0.508 e. The Kier molecular flexibility index (Phi) is 2.28. The lowest BCUT2D eigenvalue weighted by atomic mass is 9.94. The van der Waals surface area contributed by atoms with Crippen molar-refractivity contribution in [3.63, 3.8) is 0 Å². The number of phenols is 1. The summed E-state index contributed by atoms with van der Waals surface area (Å²) in [5, 5.41) is 9.56. The van der Waals surface area contributed by atoms with Crippen LogP contribution in [-0.2, 0) is 5.41 Å². The topological polar surface area (TPSA) is 46.2 Å². The summed E-state index contributed by atoms with van der Waals surface area (Å²) < 4.78 is 27.1. The molecule has 5 heteroatoms. The van der Waals surface area contributed by atoms with E-state index in [4.69, 9.17) is 5.73 Å². The molecular formula is C10H10BrF2NO. The van der Waals surface area contributed by atoms with E-state index >= 15 is 0 Å². The Labute approximate surface area is 94.2 Å². The molecule has 0 aliphatic heterocycles. The summed E-state index contributed by atoms with van der Waals surface area (Å²) >= 11 is 3.19. The van der Waals surface area contributed by atoms with Crippen molar-refractivity contribution in [2.75, 3.05) is 6.54 Å². The third kappa shape index (κ3) is 1.45. The van der Waals surface area contributed by atoms with Crippen LogP contribution in [0.5, 0.6) is 5.75 Å². The molecule has 2 rings (SSSR count). The van der Waals surface area contributed by atoms with Crippen molar-refractivity contribution < 1.29 is 13.9 Å². The van der Waals surface area contributed by atoms with Crippen LogP contribution in [0.4, 0.5) is 8.78 Å². The quantitative estimate of drug-likeness (QED) is 0.872. The van der Waals surface area contributed by atoms with Crippen molar-refractivity contribution >= 4 is 15.9 Å². The second-order valence-corrected chi connectivity index (χ2v) is 4.74. The lowest BCUT2D eigenvalue weighted by molar-refractivity contribution is 0.0889. The monoisotopic (exact) mass is 277 g/mol. The summed E-state index contributed by atoms with van der Waals surface area (Å²) in [6.45, 7) is -0.163. The highest BCUT2D eigenvalue weighted by Gasteiger charge is 2.71. The van der Waals surface area contributed by atoms with Crippen LogP contribution in [0.2, 0.25) is 0 Å². The number of benzene rings is 1. The van der Waals surface area contributed by atoms with Crippen LogP contribution in [0.3, 0.4) is 0 Å². The van der Waals surface area contributed by atoms with E-state index in [-0.39, 0.29) is 24.3 Å². The minimum atomic E-state index is -2.81. The molecule has 1 aliphatic rings. The molecule has 15 heavy (non-hydrogen) atoms. The molecule has 0 amide bonds. The molecule has 1 aromatic rings. The van der Waals surface area contributed by atoms with Gasteiger partial charge in [0.05, 0.1) is 5.41 Å². The molecule has 0 heterocycles. The first-order valence-electron chi connectivity index (χ1n) is 4.50. The molecular weight excluding hydrogens is 268 g/mol. The highest BCUT2D eigenvalue weighted by Crippen LogP contribution is 2.62. The normalized spacial score (nSPS) is 27.7. The molecule has 1 aliphatic carbocycles. The first-order valence-corrected chi connectivity index (χ1v) is 5.29. The van der Waals surface area contributed by atoms with Crippen molar-refractivity contribution in [2.24, 2.45) is 5.73 Å². The number of nitrogens with two attached hydrogens (primary N) is 1. The molecule has 1 atom stereocenters. The summed E-state index contributed by atoms with van der Waals surface area (Å²) in [4.78, 5) is 0. The van der Waals surface area contributed by atoms with E-state index in [1.165, 1.54) is 12.1 Å². The zero-order valence-corrected chi connectivity index (χ0v) is 9.39. The predicted molar refractivity (Wildman–Crippen MR) is 56.1 cm³/mol. The van der Waals surface area contributed by atoms with Crippen LogP contribution in [0.15, 0.2) is 22.7 Å². The zero-order chi connectivity index (χ0) is 11.3. The summed E-state index contributed by atoms with van der Waals surface area (Å²) in [6, 6.07) is 4.50. The van der Waals surface area contributed by atoms with Crippen molar-refractivity contribution in [3.8, 4) is 5.75 Å². The highest BCUT2D eigenvalue weighted by molar-refractivity contribution is 9.10. The Hall–Kier alpha value is -0.680. The van der Waals surface area contributed by atoms with E-state index in [1.807, 2.05) is 0 Å². The summed E-state index contributed by atoms with van der Waals surface area (Å²) in [7, 11) is 0. The van der Waals surface area contributed by atoms with Gasteiger partial charge in [-0.1, -0.05) is 15.9 Å². The molecule has 1 fully saturated rings. The molecule has 0 radical (unpaired) electrons. The molecule has 1 aromatic carbocycles. The van der Waals surface area contributed by atoms with Gasteiger partial charge in [0.25, 0.3) is 5.92 Å². The summed E-state index contributed by atoms with van der Waals surface area (Å²) in [5.74, 6) is -2.93. The Morgan fingerprint density at radius 3 is 2.53 bits per heavy atom.